The number of hydrogen-bond acceptors (Lipinski definition) is 3. The van der Waals surface area contributed by atoms with Crippen molar-refractivity contribution in [1.82, 2.24) is 9.55 Å². The number of para-hydroxylation sites is 2. The fourth-order valence-corrected chi connectivity index (χ4v) is 10.6. The van der Waals surface area contributed by atoms with Crippen molar-refractivity contribution in [2.45, 2.75) is 19.3 Å². The molecule has 3 aromatic heterocycles. The zero-order valence-corrected chi connectivity index (χ0v) is 35.5. The number of anilines is 3. The number of benzene rings is 9. The van der Waals surface area contributed by atoms with Gasteiger partial charge in [0.25, 0.3) is 0 Å². The van der Waals surface area contributed by atoms with E-state index in [1.54, 1.807) is 0 Å². The average molecular weight is 818 g/mol. The van der Waals surface area contributed by atoms with E-state index in [2.05, 4.69) is 230 Å². The van der Waals surface area contributed by atoms with E-state index in [1.807, 2.05) is 6.07 Å². The van der Waals surface area contributed by atoms with Gasteiger partial charge in [-0.25, -0.2) is 0 Å². The average Bonchev–Trinajstić information content (AvgIpc) is 3.97. The van der Waals surface area contributed by atoms with E-state index < -0.39 is 0 Å². The van der Waals surface area contributed by atoms with Crippen molar-refractivity contribution >= 4 is 78.4 Å². The number of nitrogens with zero attached hydrogens (tertiary/aromatic N) is 3. The van der Waals surface area contributed by atoms with Crippen LogP contribution in [0.5, 0.6) is 0 Å². The van der Waals surface area contributed by atoms with Gasteiger partial charge in [0.2, 0.25) is 0 Å². The molecule has 0 fully saturated rings. The van der Waals surface area contributed by atoms with Gasteiger partial charge >= 0.3 is 323 Å². The zero-order valence-electron chi connectivity index (χ0n) is 35.5. The summed E-state index contributed by atoms with van der Waals surface area (Å²) in [6.45, 7) is 6.92. The summed E-state index contributed by atoms with van der Waals surface area (Å²) >= 11 is 0. The molecule has 1 aliphatic carbocycles. The van der Waals surface area contributed by atoms with Gasteiger partial charge in [-0.15, -0.1) is 0 Å². The molecule has 300 valence electrons. The monoisotopic (exact) mass is 817 g/mol. The molecule has 64 heavy (non-hydrogen) atoms. The minimum atomic E-state index is -0.149. The standard InChI is InChI=1S/C59H40BN3O/c1-59(2)46-22-10-6-19-42(46)55-47(59)23-14-26-51(55)62(52-27-15-29-54-56(52)44-21-9-13-28-53(44)64-54)40-33-30-38(31-34-40)57-43-20-7-11-24-48(43)60-58(61-57)63-49-25-12-8-18-41(49)45-36-39(32-35-50(45)63)37-16-4-3-5-17-37/h3-36H,1-2H3. The Hall–Kier alpha value is -8.02. The molecular weight excluding hydrogens is 777 g/mol. The first kappa shape index (κ1) is 36.6. The third kappa shape index (κ3) is 5.44. The van der Waals surface area contributed by atoms with E-state index in [0.717, 1.165) is 77.7 Å². The second-order valence-electron chi connectivity index (χ2n) is 17.5. The number of hydrogen-bond donors (Lipinski definition) is 0. The molecular formula is C59H40BN3O. The van der Waals surface area contributed by atoms with Gasteiger partial charge in [0, 0.05) is 0 Å². The molecule has 3 heterocycles. The van der Waals surface area contributed by atoms with Crippen LogP contribution in [0.2, 0.25) is 0 Å². The van der Waals surface area contributed by atoms with Gasteiger partial charge in [0.05, 0.1) is 0 Å². The SMILES string of the molecule is CC1(C)c2ccccc2-c2c(N(c3ccc(-c4nc(-n5c6ccccc6c6cc(-c7ccccc7)ccc65)bc5ccccc45)cc3)c3cccc4oc5ccccc5c34)cccc21. The van der Waals surface area contributed by atoms with E-state index in [4.69, 9.17) is 9.40 Å². The summed E-state index contributed by atoms with van der Waals surface area (Å²) in [6, 6.07) is 74.2. The number of aromatic nitrogens is 2. The predicted octanol–water partition coefficient (Wildman–Crippen LogP) is 15.7. The third-order valence-corrected chi connectivity index (χ3v) is 13.6. The van der Waals surface area contributed by atoms with Gasteiger partial charge in [0.1, 0.15) is 0 Å². The Morgan fingerprint density at radius 3 is 2.03 bits per heavy atom. The summed E-state index contributed by atoms with van der Waals surface area (Å²) < 4.78 is 8.83. The van der Waals surface area contributed by atoms with E-state index in [9.17, 15) is 0 Å². The van der Waals surface area contributed by atoms with Crippen molar-refractivity contribution in [2.24, 2.45) is 0 Å². The van der Waals surface area contributed by atoms with Crippen LogP contribution in [-0.2, 0) is 5.41 Å². The van der Waals surface area contributed by atoms with Crippen LogP contribution in [0.1, 0.15) is 25.0 Å². The Morgan fingerprint density at radius 1 is 0.500 bits per heavy atom. The van der Waals surface area contributed by atoms with Gasteiger partial charge in [0.15, 0.2) is 0 Å². The van der Waals surface area contributed by atoms with E-state index in [-0.39, 0.29) is 5.41 Å². The maximum atomic E-state index is 6.50. The van der Waals surface area contributed by atoms with Gasteiger partial charge in [-0.2, -0.15) is 0 Å². The maximum absolute atomic E-state index is 6.50. The molecule has 9 aromatic carbocycles. The fourth-order valence-electron chi connectivity index (χ4n) is 10.6. The van der Waals surface area contributed by atoms with Gasteiger partial charge in [-0.05, 0) is 6.07 Å². The Balaban J connectivity index is 1.01. The van der Waals surface area contributed by atoms with E-state index in [0.29, 0.717) is 0 Å². The van der Waals surface area contributed by atoms with Crippen molar-refractivity contribution in [1.29, 1.82) is 0 Å². The van der Waals surface area contributed by atoms with Crippen molar-refractivity contribution in [2.75, 3.05) is 4.90 Å². The van der Waals surface area contributed by atoms with Crippen molar-refractivity contribution in [3.8, 4) is 39.2 Å². The molecule has 1 aliphatic rings. The fraction of sp³-hybridized carbons (Fsp3) is 0.0508. The third-order valence-electron chi connectivity index (χ3n) is 13.6. The van der Waals surface area contributed by atoms with Crippen LogP contribution in [0.4, 0.5) is 17.1 Å². The molecule has 0 spiro atoms. The van der Waals surface area contributed by atoms with Crippen LogP contribution in [0, 0.1) is 0 Å². The minimum absolute atomic E-state index is 0.149. The van der Waals surface area contributed by atoms with Crippen molar-refractivity contribution < 1.29 is 4.42 Å². The Kier molecular flexibility index (Phi) is 8.01. The van der Waals surface area contributed by atoms with Crippen molar-refractivity contribution in [3.63, 3.8) is 0 Å². The number of rotatable bonds is 6. The van der Waals surface area contributed by atoms with Crippen LogP contribution >= 0.6 is 0 Å². The summed E-state index contributed by atoms with van der Waals surface area (Å²) in [5.74, 6) is 0. The van der Waals surface area contributed by atoms with Crippen LogP contribution in [0.25, 0.3) is 93.6 Å². The second-order valence-corrected chi connectivity index (χ2v) is 17.5. The van der Waals surface area contributed by atoms with E-state index in [1.165, 1.54) is 44.2 Å². The summed E-state index contributed by atoms with van der Waals surface area (Å²) in [7, 11) is 0. The normalized spacial score (nSPS) is 12.9. The first-order valence-corrected chi connectivity index (χ1v) is 22.0. The summed E-state index contributed by atoms with van der Waals surface area (Å²) in [6.07, 6.45) is 0. The molecule has 12 aromatic rings. The Morgan fingerprint density at radius 2 is 1.16 bits per heavy atom. The van der Waals surface area contributed by atoms with Crippen LogP contribution in [-0.4, -0.2) is 16.5 Å². The zero-order chi connectivity index (χ0) is 42.5. The molecule has 0 atom stereocenters. The van der Waals surface area contributed by atoms with Crippen LogP contribution in [0.3, 0.4) is 0 Å². The molecule has 0 unspecified atom stereocenters. The Bertz CT molecular complexity index is 3830. The first-order valence-electron chi connectivity index (χ1n) is 22.0. The van der Waals surface area contributed by atoms with Gasteiger partial charge < -0.3 is 0 Å². The molecule has 5 heteroatoms. The first-order chi connectivity index (χ1) is 31.5. The molecule has 0 saturated carbocycles. The topological polar surface area (TPSA) is 34.2 Å². The van der Waals surface area contributed by atoms with E-state index >= 15 is 0 Å². The molecule has 0 radical (unpaired) electrons. The van der Waals surface area contributed by atoms with Gasteiger partial charge in [-0.3, -0.25) is 0 Å². The quantitative estimate of drug-likeness (QED) is 0.168. The van der Waals surface area contributed by atoms with Crippen LogP contribution < -0.4 is 4.90 Å². The summed E-state index contributed by atoms with van der Waals surface area (Å²) in [5.41, 5.74) is 17.6. The molecule has 4 nitrogen and oxygen atoms in total. The van der Waals surface area contributed by atoms with Crippen LogP contribution in [0.15, 0.2) is 211 Å². The van der Waals surface area contributed by atoms with Crippen molar-refractivity contribution in [3.05, 3.63) is 217 Å². The molecule has 0 saturated heterocycles. The molecule has 0 amide bonds. The summed E-state index contributed by atoms with van der Waals surface area (Å²) in [4.78, 5) is 8.02. The molecule has 0 bridgehead atoms. The molecule has 0 aliphatic heterocycles. The number of furan rings is 1. The predicted molar refractivity (Wildman–Crippen MR) is 268 cm³/mol. The van der Waals surface area contributed by atoms with Gasteiger partial charge in [-0.1, -0.05) is 44.2 Å². The molecule has 0 N–H and O–H groups in total. The summed E-state index contributed by atoms with van der Waals surface area (Å²) in [5, 5.41) is 6.84. The number of fused-ring (bicyclic) bond motifs is 10. The Labute approximate surface area is 371 Å². The molecule has 13 rings (SSSR count). The second kappa shape index (κ2) is 14.0.